The van der Waals surface area contributed by atoms with E-state index < -0.39 is 0 Å². The van der Waals surface area contributed by atoms with Crippen molar-refractivity contribution in [3.05, 3.63) is 41.1 Å². The maximum absolute atomic E-state index is 11.8. The third kappa shape index (κ3) is 3.03. The topological polar surface area (TPSA) is 86.9 Å². The molecule has 1 heterocycles. The van der Waals surface area contributed by atoms with E-state index in [0.717, 1.165) is 11.3 Å². The van der Waals surface area contributed by atoms with Crippen LogP contribution < -0.4 is 10.6 Å². The van der Waals surface area contributed by atoms with Gasteiger partial charge in [0.15, 0.2) is 11.6 Å². The highest BCUT2D eigenvalue weighted by Crippen LogP contribution is 2.15. The first-order valence-electron chi connectivity index (χ1n) is 6.18. The van der Waals surface area contributed by atoms with Gasteiger partial charge >= 0.3 is 6.03 Å². The lowest BCUT2D eigenvalue weighted by atomic mass is 10.1. The number of aromatic nitrogens is 2. The largest absolute Gasteiger partial charge is 0.324 e. The molecule has 2 rings (SSSR count). The molecule has 0 atom stereocenters. The van der Waals surface area contributed by atoms with Gasteiger partial charge in [-0.15, -0.1) is 0 Å². The molecule has 0 aliphatic rings. The van der Waals surface area contributed by atoms with E-state index in [2.05, 4.69) is 20.8 Å². The quantitative estimate of drug-likeness (QED) is 0.751. The fourth-order valence-corrected chi connectivity index (χ4v) is 1.66. The Hall–Kier alpha value is -2.63. The molecule has 0 saturated carbocycles. The molecule has 20 heavy (non-hydrogen) atoms. The molecule has 104 valence electrons. The van der Waals surface area contributed by atoms with Gasteiger partial charge in [-0.05, 0) is 45.0 Å². The highest BCUT2D eigenvalue weighted by atomic mass is 16.2. The maximum Gasteiger partial charge on any atom is 0.324 e. The number of ketones is 1. The van der Waals surface area contributed by atoms with Crippen LogP contribution in [0.3, 0.4) is 0 Å². The molecule has 1 aromatic heterocycles. The number of rotatable bonds is 3. The monoisotopic (exact) mass is 272 g/mol. The van der Waals surface area contributed by atoms with Crippen molar-refractivity contribution in [1.29, 1.82) is 0 Å². The van der Waals surface area contributed by atoms with Gasteiger partial charge in [-0.1, -0.05) is 0 Å². The molecular formula is C14H16N4O2. The van der Waals surface area contributed by atoms with E-state index >= 15 is 0 Å². The lowest BCUT2D eigenvalue weighted by Gasteiger charge is -2.06. The predicted molar refractivity (Wildman–Crippen MR) is 77.1 cm³/mol. The summed E-state index contributed by atoms with van der Waals surface area (Å²) < 4.78 is 0. The van der Waals surface area contributed by atoms with Gasteiger partial charge in [0.2, 0.25) is 0 Å². The first-order valence-corrected chi connectivity index (χ1v) is 6.18. The summed E-state index contributed by atoms with van der Waals surface area (Å²) in [6.45, 7) is 5.25. The fourth-order valence-electron chi connectivity index (χ4n) is 1.66. The van der Waals surface area contributed by atoms with Crippen molar-refractivity contribution < 1.29 is 9.59 Å². The molecule has 0 bridgehead atoms. The lowest BCUT2D eigenvalue weighted by molar-refractivity contribution is 0.101. The van der Waals surface area contributed by atoms with Crippen molar-refractivity contribution in [3.63, 3.8) is 0 Å². The number of H-pyrrole nitrogens is 1. The standard InChI is InChI=1S/C14H16N4O2/c1-8-9(2)17-18-13(8)16-14(20)15-12-6-4-11(5-7-12)10(3)19/h4-7H,1-3H3,(H3,15,16,17,18,20). The normalized spacial score (nSPS) is 10.2. The Labute approximate surface area is 116 Å². The first kappa shape index (κ1) is 13.8. The number of hydrogen-bond donors (Lipinski definition) is 3. The maximum atomic E-state index is 11.8. The van der Waals surface area contributed by atoms with Gasteiger partial charge in [-0.25, -0.2) is 4.79 Å². The van der Waals surface area contributed by atoms with Crippen LogP contribution in [0.15, 0.2) is 24.3 Å². The molecule has 0 radical (unpaired) electrons. The number of hydrogen-bond acceptors (Lipinski definition) is 3. The minimum atomic E-state index is -0.379. The van der Waals surface area contributed by atoms with Crippen LogP contribution in [-0.2, 0) is 0 Å². The minimum absolute atomic E-state index is 0.0105. The third-order valence-corrected chi connectivity index (χ3v) is 3.03. The zero-order chi connectivity index (χ0) is 14.7. The van der Waals surface area contributed by atoms with Crippen LogP contribution in [0, 0.1) is 13.8 Å². The number of carbonyl (C=O) groups excluding carboxylic acids is 2. The van der Waals surface area contributed by atoms with Crippen molar-refractivity contribution in [3.8, 4) is 0 Å². The molecule has 2 amide bonds. The number of aryl methyl sites for hydroxylation is 1. The van der Waals surface area contributed by atoms with E-state index in [1.807, 2.05) is 13.8 Å². The summed E-state index contributed by atoms with van der Waals surface area (Å²) in [7, 11) is 0. The van der Waals surface area contributed by atoms with Crippen LogP contribution in [0.2, 0.25) is 0 Å². The number of benzene rings is 1. The number of Topliss-reactive ketones (excluding diaryl/α,β-unsaturated/α-hetero) is 1. The highest BCUT2D eigenvalue weighted by Gasteiger charge is 2.09. The number of carbonyl (C=O) groups is 2. The number of aromatic amines is 1. The van der Waals surface area contributed by atoms with Gasteiger partial charge < -0.3 is 5.32 Å². The van der Waals surface area contributed by atoms with Gasteiger partial charge in [-0.2, -0.15) is 5.10 Å². The second-order valence-corrected chi connectivity index (χ2v) is 4.53. The van der Waals surface area contributed by atoms with Crippen LogP contribution >= 0.6 is 0 Å². The SMILES string of the molecule is CC(=O)c1ccc(NC(=O)Nc2n[nH]c(C)c2C)cc1. The van der Waals surface area contributed by atoms with E-state index in [-0.39, 0.29) is 11.8 Å². The molecular weight excluding hydrogens is 256 g/mol. The summed E-state index contributed by atoms with van der Waals surface area (Å²) in [5.74, 6) is 0.490. The Kier molecular flexibility index (Phi) is 3.84. The van der Waals surface area contributed by atoms with E-state index in [1.165, 1.54) is 6.92 Å². The number of urea groups is 1. The molecule has 3 N–H and O–H groups in total. The van der Waals surface area contributed by atoms with Crippen molar-refractivity contribution >= 4 is 23.3 Å². The Bertz CT molecular complexity index is 644. The van der Waals surface area contributed by atoms with Crippen molar-refractivity contribution in [2.24, 2.45) is 0 Å². The smallest absolute Gasteiger partial charge is 0.308 e. The van der Waals surface area contributed by atoms with Crippen LogP contribution in [0.5, 0.6) is 0 Å². The number of nitrogens with one attached hydrogen (secondary N) is 3. The molecule has 1 aromatic carbocycles. The van der Waals surface area contributed by atoms with Crippen molar-refractivity contribution in [2.45, 2.75) is 20.8 Å². The second-order valence-electron chi connectivity index (χ2n) is 4.53. The predicted octanol–water partition coefficient (Wildman–Crippen LogP) is 2.87. The Morgan fingerprint density at radius 3 is 2.25 bits per heavy atom. The summed E-state index contributed by atoms with van der Waals surface area (Å²) >= 11 is 0. The summed E-state index contributed by atoms with van der Waals surface area (Å²) in [5, 5.41) is 12.1. The molecule has 0 aliphatic heterocycles. The number of nitrogens with zero attached hydrogens (tertiary/aromatic N) is 1. The Morgan fingerprint density at radius 2 is 1.75 bits per heavy atom. The van der Waals surface area contributed by atoms with E-state index in [1.54, 1.807) is 24.3 Å². The minimum Gasteiger partial charge on any atom is -0.308 e. The molecule has 0 unspecified atom stereocenters. The van der Waals surface area contributed by atoms with Crippen LogP contribution in [0.25, 0.3) is 0 Å². The van der Waals surface area contributed by atoms with Gasteiger partial charge in [-0.3, -0.25) is 15.2 Å². The highest BCUT2D eigenvalue weighted by molar-refractivity contribution is 6.00. The lowest BCUT2D eigenvalue weighted by Crippen LogP contribution is -2.20. The average Bonchev–Trinajstić information content (AvgIpc) is 2.71. The third-order valence-electron chi connectivity index (χ3n) is 3.03. The van der Waals surface area contributed by atoms with Crippen LogP contribution in [0.4, 0.5) is 16.3 Å². The summed E-state index contributed by atoms with van der Waals surface area (Å²) in [5.41, 5.74) is 3.02. The van der Waals surface area contributed by atoms with Gasteiger partial charge in [0, 0.05) is 22.5 Å². The Balaban J connectivity index is 2.01. The van der Waals surface area contributed by atoms with E-state index in [4.69, 9.17) is 0 Å². The molecule has 6 nitrogen and oxygen atoms in total. The fraction of sp³-hybridized carbons (Fsp3) is 0.214. The van der Waals surface area contributed by atoms with E-state index in [9.17, 15) is 9.59 Å². The van der Waals surface area contributed by atoms with Crippen molar-refractivity contribution in [2.75, 3.05) is 10.6 Å². The molecule has 0 aliphatic carbocycles. The summed E-state index contributed by atoms with van der Waals surface area (Å²) in [4.78, 5) is 23.0. The van der Waals surface area contributed by atoms with E-state index in [0.29, 0.717) is 17.1 Å². The average molecular weight is 272 g/mol. The van der Waals surface area contributed by atoms with Crippen LogP contribution in [0.1, 0.15) is 28.5 Å². The Morgan fingerprint density at radius 1 is 1.10 bits per heavy atom. The zero-order valence-corrected chi connectivity index (χ0v) is 11.6. The first-order chi connectivity index (χ1) is 9.47. The zero-order valence-electron chi connectivity index (χ0n) is 11.6. The summed E-state index contributed by atoms with van der Waals surface area (Å²) in [6, 6.07) is 6.32. The van der Waals surface area contributed by atoms with Gasteiger partial charge in [0.05, 0.1) is 0 Å². The van der Waals surface area contributed by atoms with Gasteiger partial charge in [0.25, 0.3) is 0 Å². The molecule has 6 heteroatoms. The van der Waals surface area contributed by atoms with Crippen molar-refractivity contribution in [1.82, 2.24) is 10.2 Å². The van der Waals surface area contributed by atoms with Gasteiger partial charge in [0.1, 0.15) is 0 Å². The molecule has 2 aromatic rings. The molecule has 0 saturated heterocycles. The number of amides is 2. The molecule has 0 fully saturated rings. The number of anilines is 2. The van der Waals surface area contributed by atoms with Crippen LogP contribution in [-0.4, -0.2) is 22.0 Å². The molecule has 0 spiro atoms. The summed E-state index contributed by atoms with van der Waals surface area (Å²) in [6.07, 6.45) is 0. The second kappa shape index (κ2) is 5.56.